The second-order valence-electron chi connectivity index (χ2n) is 5.55. The van der Waals surface area contributed by atoms with Gasteiger partial charge in [-0.2, -0.15) is 0 Å². The minimum atomic E-state index is 0.557. The Kier molecular flexibility index (Phi) is 1.63. The first-order chi connectivity index (χ1) is 5.50. The van der Waals surface area contributed by atoms with E-state index in [-0.39, 0.29) is 0 Å². The maximum atomic E-state index is 2.49. The van der Waals surface area contributed by atoms with Crippen LogP contribution in [0.5, 0.6) is 0 Å². The summed E-state index contributed by atoms with van der Waals surface area (Å²) >= 11 is 0. The second-order valence-corrected chi connectivity index (χ2v) is 5.55. The lowest BCUT2D eigenvalue weighted by Crippen LogP contribution is -2.32. The van der Waals surface area contributed by atoms with Gasteiger partial charge in [0.15, 0.2) is 0 Å². The van der Waals surface area contributed by atoms with Gasteiger partial charge in [-0.3, -0.25) is 0 Å². The summed E-state index contributed by atoms with van der Waals surface area (Å²) in [6.45, 7) is 9.74. The predicted octanol–water partition coefficient (Wildman–Crippen LogP) is 3.82. The van der Waals surface area contributed by atoms with E-state index in [1.807, 2.05) is 5.92 Å². The molecule has 0 spiro atoms. The van der Waals surface area contributed by atoms with Crippen LogP contribution in [0.25, 0.3) is 0 Å². The van der Waals surface area contributed by atoms with Crippen molar-refractivity contribution < 1.29 is 0 Å². The third-order valence-corrected chi connectivity index (χ3v) is 4.62. The number of fused-ring (bicyclic) bond motifs is 2. The fraction of sp³-hybridized carbons (Fsp3) is 0.917. The van der Waals surface area contributed by atoms with Crippen molar-refractivity contribution in [1.82, 2.24) is 0 Å². The van der Waals surface area contributed by atoms with Crippen molar-refractivity contribution in [2.45, 2.75) is 53.4 Å². The van der Waals surface area contributed by atoms with Gasteiger partial charge in [0.05, 0.1) is 0 Å². The van der Waals surface area contributed by atoms with Gasteiger partial charge in [-0.25, -0.2) is 0 Å². The van der Waals surface area contributed by atoms with Gasteiger partial charge in [-0.1, -0.05) is 27.7 Å². The Morgan fingerprint density at radius 1 is 1.33 bits per heavy atom. The minimum Gasteiger partial charge on any atom is -0.0648 e. The number of hydrogen-bond acceptors (Lipinski definition) is 0. The summed E-state index contributed by atoms with van der Waals surface area (Å²) in [5.41, 5.74) is 1.19. The molecule has 0 aliphatic heterocycles. The van der Waals surface area contributed by atoms with Crippen LogP contribution in [0.3, 0.4) is 0 Å². The zero-order valence-corrected chi connectivity index (χ0v) is 8.91. The molecule has 2 fully saturated rings. The normalized spacial score (nSPS) is 45.5. The van der Waals surface area contributed by atoms with Crippen LogP contribution in [-0.2, 0) is 0 Å². The van der Waals surface area contributed by atoms with Gasteiger partial charge in [0.25, 0.3) is 0 Å². The van der Waals surface area contributed by atoms with Crippen molar-refractivity contribution in [3.05, 3.63) is 5.92 Å². The predicted molar refractivity (Wildman–Crippen MR) is 52.8 cm³/mol. The highest BCUT2D eigenvalue weighted by Crippen LogP contribution is 2.67. The average molecular weight is 165 g/mol. The standard InChI is InChI=1S/C12H21/c1-5-10-11(2,3)9-6-7-12(10,4)8-9/h9H,5-8H2,1-4H3. The molecule has 0 amide bonds. The molecule has 2 aliphatic carbocycles. The van der Waals surface area contributed by atoms with Gasteiger partial charge in [0, 0.05) is 0 Å². The van der Waals surface area contributed by atoms with E-state index in [0.29, 0.717) is 10.8 Å². The smallest absolute Gasteiger partial charge is 0.0125 e. The van der Waals surface area contributed by atoms with Crippen LogP contribution in [0, 0.1) is 22.7 Å². The first-order valence-electron chi connectivity index (χ1n) is 5.37. The molecule has 2 rings (SSSR count). The van der Waals surface area contributed by atoms with E-state index in [0.717, 1.165) is 5.92 Å². The van der Waals surface area contributed by atoms with Crippen molar-refractivity contribution >= 4 is 0 Å². The molecule has 0 N–H and O–H groups in total. The third kappa shape index (κ3) is 0.843. The molecule has 2 aliphatic rings. The zero-order valence-electron chi connectivity index (χ0n) is 8.91. The second kappa shape index (κ2) is 2.27. The van der Waals surface area contributed by atoms with Crippen molar-refractivity contribution in [1.29, 1.82) is 0 Å². The van der Waals surface area contributed by atoms with Crippen LogP contribution in [0.4, 0.5) is 0 Å². The molecule has 12 heavy (non-hydrogen) atoms. The molecular formula is C12H21. The Bertz CT molecular complexity index is 187. The van der Waals surface area contributed by atoms with Crippen LogP contribution in [0.2, 0.25) is 0 Å². The van der Waals surface area contributed by atoms with Gasteiger partial charge < -0.3 is 0 Å². The van der Waals surface area contributed by atoms with Gasteiger partial charge in [-0.15, -0.1) is 0 Å². The van der Waals surface area contributed by atoms with Gasteiger partial charge in [0.1, 0.15) is 0 Å². The molecule has 0 aromatic carbocycles. The van der Waals surface area contributed by atoms with Crippen molar-refractivity contribution in [2.75, 3.05) is 0 Å². The Morgan fingerprint density at radius 3 is 2.33 bits per heavy atom. The molecule has 0 heterocycles. The summed E-state index contributed by atoms with van der Waals surface area (Å²) in [6, 6.07) is 0. The van der Waals surface area contributed by atoms with Gasteiger partial charge >= 0.3 is 0 Å². The van der Waals surface area contributed by atoms with E-state index >= 15 is 0 Å². The van der Waals surface area contributed by atoms with E-state index in [1.54, 1.807) is 0 Å². The Labute approximate surface area is 76.7 Å². The molecule has 0 aromatic heterocycles. The van der Waals surface area contributed by atoms with Crippen molar-refractivity contribution in [3.8, 4) is 0 Å². The highest BCUT2D eigenvalue weighted by molar-refractivity contribution is 5.24. The fourth-order valence-corrected chi connectivity index (χ4v) is 4.04. The lowest BCUT2D eigenvalue weighted by Gasteiger charge is -2.41. The Balaban J connectivity index is 2.31. The highest BCUT2D eigenvalue weighted by atomic mass is 14.6. The molecule has 0 heteroatoms. The largest absolute Gasteiger partial charge is 0.0648 e. The molecule has 2 unspecified atom stereocenters. The van der Waals surface area contributed by atoms with Crippen molar-refractivity contribution in [3.63, 3.8) is 0 Å². The summed E-state index contributed by atoms with van der Waals surface area (Å²) in [7, 11) is 0. The number of rotatable bonds is 1. The van der Waals surface area contributed by atoms with Crippen LogP contribution in [0.15, 0.2) is 0 Å². The monoisotopic (exact) mass is 165 g/mol. The summed E-state index contributed by atoms with van der Waals surface area (Å²) in [6.07, 6.45) is 5.72. The quantitative estimate of drug-likeness (QED) is 0.554. The van der Waals surface area contributed by atoms with E-state index in [4.69, 9.17) is 0 Å². The Hall–Kier alpha value is 0. The van der Waals surface area contributed by atoms with Crippen LogP contribution in [-0.4, -0.2) is 0 Å². The molecule has 1 radical (unpaired) electrons. The Morgan fingerprint density at radius 2 is 2.00 bits per heavy atom. The van der Waals surface area contributed by atoms with Crippen molar-refractivity contribution in [2.24, 2.45) is 16.7 Å². The molecular weight excluding hydrogens is 144 g/mol. The summed E-state index contributed by atoms with van der Waals surface area (Å²) in [4.78, 5) is 0. The van der Waals surface area contributed by atoms with E-state index in [2.05, 4.69) is 27.7 Å². The summed E-state index contributed by atoms with van der Waals surface area (Å²) in [5.74, 6) is 2.85. The first kappa shape index (κ1) is 8.59. The maximum Gasteiger partial charge on any atom is -0.0125 e. The van der Waals surface area contributed by atoms with E-state index in [9.17, 15) is 0 Å². The fourth-order valence-electron chi connectivity index (χ4n) is 4.04. The molecule has 2 bridgehead atoms. The summed E-state index contributed by atoms with van der Waals surface area (Å²) in [5, 5.41) is 0. The molecule has 0 aromatic rings. The van der Waals surface area contributed by atoms with E-state index in [1.165, 1.54) is 25.7 Å². The van der Waals surface area contributed by atoms with E-state index < -0.39 is 0 Å². The average Bonchev–Trinajstić information content (AvgIpc) is 2.39. The minimum absolute atomic E-state index is 0.557. The molecule has 0 nitrogen and oxygen atoms in total. The number of hydrogen-bond donors (Lipinski definition) is 0. The lowest BCUT2D eigenvalue weighted by atomic mass is 9.63. The molecule has 69 valence electrons. The molecule has 2 saturated carbocycles. The zero-order chi connectivity index (χ0) is 8.98. The van der Waals surface area contributed by atoms with Gasteiger partial charge in [0.2, 0.25) is 0 Å². The topological polar surface area (TPSA) is 0 Å². The maximum absolute atomic E-state index is 2.49. The summed E-state index contributed by atoms with van der Waals surface area (Å²) < 4.78 is 0. The third-order valence-electron chi connectivity index (χ3n) is 4.62. The highest BCUT2D eigenvalue weighted by Gasteiger charge is 2.58. The van der Waals surface area contributed by atoms with Crippen LogP contribution >= 0.6 is 0 Å². The van der Waals surface area contributed by atoms with Crippen LogP contribution < -0.4 is 0 Å². The van der Waals surface area contributed by atoms with Crippen LogP contribution in [0.1, 0.15) is 53.4 Å². The molecule has 2 atom stereocenters. The first-order valence-corrected chi connectivity index (χ1v) is 5.37. The van der Waals surface area contributed by atoms with Gasteiger partial charge in [-0.05, 0) is 48.3 Å². The lowest BCUT2D eigenvalue weighted by molar-refractivity contribution is 0.211. The SMILES string of the molecule is CC[C]1C2(C)CCC(C2)C1(C)C. The molecule has 0 saturated heterocycles.